The Hall–Kier alpha value is -3.01. The molecule has 1 aromatic rings. The number of terminal acetylenes is 1. The van der Waals surface area contributed by atoms with E-state index in [-0.39, 0.29) is 24.4 Å². The van der Waals surface area contributed by atoms with E-state index in [4.69, 9.17) is 11.2 Å². The molecule has 1 aliphatic carbocycles. The third-order valence-electron chi connectivity index (χ3n) is 5.29. The highest BCUT2D eigenvalue weighted by Crippen LogP contribution is 2.33. The van der Waals surface area contributed by atoms with Gasteiger partial charge in [-0.05, 0) is 64.2 Å². The van der Waals surface area contributed by atoms with E-state index in [9.17, 15) is 14.4 Å². The Bertz CT molecular complexity index is 832. The molecule has 0 aromatic heterocycles. The number of rotatable bonds is 9. The van der Waals surface area contributed by atoms with E-state index >= 15 is 0 Å². The minimum absolute atomic E-state index is 0.0582. The van der Waals surface area contributed by atoms with Crippen LogP contribution in [-0.2, 0) is 14.3 Å². The molecule has 0 saturated heterocycles. The molecule has 1 aromatic carbocycles. The highest BCUT2D eigenvalue weighted by Gasteiger charge is 2.38. The van der Waals surface area contributed by atoms with Crippen molar-refractivity contribution in [3.8, 4) is 12.3 Å². The van der Waals surface area contributed by atoms with E-state index < -0.39 is 17.7 Å². The molecule has 1 saturated carbocycles. The number of nitrogens with zero attached hydrogens (tertiary/aromatic N) is 1. The van der Waals surface area contributed by atoms with Gasteiger partial charge in [0.1, 0.15) is 18.2 Å². The van der Waals surface area contributed by atoms with Crippen molar-refractivity contribution in [3.63, 3.8) is 0 Å². The van der Waals surface area contributed by atoms with Crippen LogP contribution in [0.3, 0.4) is 0 Å². The first-order valence-corrected chi connectivity index (χ1v) is 11.3. The third-order valence-corrected chi connectivity index (χ3v) is 5.29. The fourth-order valence-corrected chi connectivity index (χ4v) is 3.46. The van der Waals surface area contributed by atoms with E-state index in [0.717, 1.165) is 32.1 Å². The van der Waals surface area contributed by atoms with Gasteiger partial charge in [-0.1, -0.05) is 31.4 Å². The van der Waals surface area contributed by atoms with Gasteiger partial charge in [-0.15, -0.1) is 6.42 Å². The van der Waals surface area contributed by atoms with Crippen molar-refractivity contribution >= 4 is 17.9 Å². The summed E-state index contributed by atoms with van der Waals surface area (Å²) in [7, 11) is 0. The number of amides is 3. The van der Waals surface area contributed by atoms with Crippen LogP contribution < -0.4 is 10.6 Å². The zero-order chi connectivity index (χ0) is 23.7. The maximum absolute atomic E-state index is 13.3. The SMILES string of the molecule is C#Cc1ccc(C(C(=O)NCCCC)N(C(=O)CNC(=O)OC(C)(C)C)C2CCC2)cc1. The van der Waals surface area contributed by atoms with Crippen molar-refractivity contribution < 1.29 is 19.1 Å². The number of unbranched alkanes of at least 4 members (excludes halogenated alkanes) is 1. The molecule has 1 fully saturated rings. The molecule has 1 unspecified atom stereocenters. The number of alkyl carbamates (subject to hydrolysis) is 1. The molecule has 7 nitrogen and oxygen atoms in total. The summed E-state index contributed by atoms with van der Waals surface area (Å²) in [5, 5.41) is 5.49. The van der Waals surface area contributed by atoms with Crippen molar-refractivity contribution in [2.45, 2.75) is 77.5 Å². The van der Waals surface area contributed by atoms with Crippen LogP contribution in [0.5, 0.6) is 0 Å². The summed E-state index contributed by atoms with van der Waals surface area (Å²) in [5.41, 5.74) is 0.726. The van der Waals surface area contributed by atoms with Crippen molar-refractivity contribution in [2.24, 2.45) is 0 Å². The number of carbonyl (C=O) groups is 3. The van der Waals surface area contributed by atoms with Gasteiger partial charge in [0.15, 0.2) is 0 Å². The Morgan fingerprint density at radius 2 is 1.84 bits per heavy atom. The summed E-state index contributed by atoms with van der Waals surface area (Å²) in [4.78, 5) is 40.2. The zero-order valence-electron chi connectivity index (χ0n) is 19.6. The standard InChI is InChI=1S/C25H35N3O4/c1-6-8-16-26-23(30)22(19-14-12-18(7-2)13-15-19)28(20-10-9-11-20)21(29)17-27-24(31)32-25(3,4)5/h2,12-15,20,22H,6,8-11,16-17H2,1,3-5H3,(H,26,30)(H,27,31). The average molecular weight is 442 g/mol. The Balaban J connectivity index is 2.26. The number of hydrogen-bond acceptors (Lipinski definition) is 4. The largest absolute Gasteiger partial charge is 0.444 e. The van der Waals surface area contributed by atoms with Crippen molar-refractivity contribution in [1.29, 1.82) is 0 Å². The molecule has 0 heterocycles. The molecule has 1 aliphatic rings. The summed E-state index contributed by atoms with van der Waals surface area (Å²) < 4.78 is 5.23. The van der Waals surface area contributed by atoms with Crippen LogP contribution in [0.2, 0.25) is 0 Å². The predicted molar refractivity (Wildman–Crippen MR) is 124 cm³/mol. The quantitative estimate of drug-likeness (QED) is 0.453. The molecule has 3 amide bonds. The van der Waals surface area contributed by atoms with Crippen LogP contribution in [0, 0.1) is 12.3 Å². The summed E-state index contributed by atoms with van der Waals surface area (Å²) in [6, 6.07) is 6.27. The Kier molecular flexibility index (Phi) is 9.13. The van der Waals surface area contributed by atoms with E-state index in [1.807, 2.05) is 0 Å². The number of hydrogen-bond donors (Lipinski definition) is 2. The first kappa shape index (κ1) is 25.3. The van der Waals surface area contributed by atoms with E-state index in [1.54, 1.807) is 49.9 Å². The van der Waals surface area contributed by atoms with Gasteiger partial charge in [-0.25, -0.2) is 4.79 Å². The van der Waals surface area contributed by atoms with Crippen LogP contribution in [0.4, 0.5) is 4.79 Å². The van der Waals surface area contributed by atoms with Gasteiger partial charge in [0, 0.05) is 18.2 Å². The zero-order valence-corrected chi connectivity index (χ0v) is 19.6. The third kappa shape index (κ3) is 7.30. The number of carbonyl (C=O) groups excluding carboxylic acids is 3. The Morgan fingerprint density at radius 3 is 2.34 bits per heavy atom. The van der Waals surface area contributed by atoms with Crippen molar-refractivity contribution in [3.05, 3.63) is 35.4 Å². The molecule has 7 heteroatoms. The first-order chi connectivity index (χ1) is 15.2. The Labute approximate surface area is 191 Å². The van der Waals surface area contributed by atoms with Crippen LogP contribution in [0.25, 0.3) is 0 Å². The molecule has 2 N–H and O–H groups in total. The smallest absolute Gasteiger partial charge is 0.408 e. The maximum atomic E-state index is 13.3. The average Bonchev–Trinajstić information content (AvgIpc) is 2.69. The van der Waals surface area contributed by atoms with E-state index in [1.165, 1.54) is 0 Å². The van der Waals surface area contributed by atoms with Crippen LogP contribution in [-0.4, -0.2) is 47.5 Å². The molecular formula is C25H35N3O4. The summed E-state index contributed by atoms with van der Waals surface area (Å²) in [5.74, 6) is 2.02. The van der Waals surface area contributed by atoms with Gasteiger partial charge in [-0.3, -0.25) is 9.59 Å². The van der Waals surface area contributed by atoms with Gasteiger partial charge >= 0.3 is 6.09 Å². The molecule has 0 spiro atoms. The second-order valence-electron chi connectivity index (χ2n) is 9.05. The molecular weight excluding hydrogens is 406 g/mol. The van der Waals surface area contributed by atoms with E-state index in [2.05, 4.69) is 23.5 Å². The Morgan fingerprint density at radius 1 is 1.19 bits per heavy atom. The molecule has 2 rings (SSSR count). The highest BCUT2D eigenvalue weighted by molar-refractivity contribution is 5.90. The van der Waals surface area contributed by atoms with Crippen LogP contribution in [0.1, 0.15) is 77.0 Å². The second-order valence-corrected chi connectivity index (χ2v) is 9.05. The van der Waals surface area contributed by atoms with Crippen molar-refractivity contribution in [1.82, 2.24) is 15.5 Å². The minimum atomic E-state index is -0.795. The van der Waals surface area contributed by atoms with Crippen molar-refractivity contribution in [2.75, 3.05) is 13.1 Å². The van der Waals surface area contributed by atoms with Gasteiger partial charge in [0.2, 0.25) is 11.8 Å². The van der Waals surface area contributed by atoms with Gasteiger partial charge in [-0.2, -0.15) is 0 Å². The lowest BCUT2D eigenvalue weighted by atomic mass is 9.88. The number of ether oxygens (including phenoxy) is 1. The number of nitrogens with one attached hydrogen (secondary N) is 2. The van der Waals surface area contributed by atoms with Gasteiger partial charge in [0.25, 0.3) is 0 Å². The lowest BCUT2D eigenvalue weighted by molar-refractivity contribution is -0.145. The van der Waals surface area contributed by atoms with Crippen LogP contribution in [0.15, 0.2) is 24.3 Å². The molecule has 0 radical (unpaired) electrons. The summed E-state index contributed by atoms with van der Waals surface area (Å²) in [6.07, 6.45) is 9.24. The minimum Gasteiger partial charge on any atom is -0.444 e. The molecule has 0 aliphatic heterocycles. The monoisotopic (exact) mass is 441 g/mol. The maximum Gasteiger partial charge on any atom is 0.408 e. The van der Waals surface area contributed by atoms with Crippen LogP contribution >= 0.6 is 0 Å². The number of benzene rings is 1. The first-order valence-electron chi connectivity index (χ1n) is 11.3. The normalized spacial score (nSPS) is 14.5. The predicted octanol–water partition coefficient (Wildman–Crippen LogP) is 3.53. The second kappa shape index (κ2) is 11.6. The molecule has 174 valence electrons. The lowest BCUT2D eigenvalue weighted by Crippen LogP contribution is -2.53. The molecule has 0 bridgehead atoms. The highest BCUT2D eigenvalue weighted by atomic mass is 16.6. The molecule has 32 heavy (non-hydrogen) atoms. The summed E-state index contributed by atoms with van der Waals surface area (Å²) >= 11 is 0. The van der Waals surface area contributed by atoms with Gasteiger partial charge in [0.05, 0.1) is 0 Å². The lowest BCUT2D eigenvalue weighted by Gasteiger charge is -2.42. The van der Waals surface area contributed by atoms with Gasteiger partial charge < -0.3 is 20.3 Å². The molecule has 1 atom stereocenters. The summed E-state index contributed by atoms with van der Waals surface area (Å²) in [6.45, 7) is 7.61. The fraction of sp³-hybridized carbons (Fsp3) is 0.560. The fourth-order valence-electron chi connectivity index (χ4n) is 3.46. The van der Waals surface area contributed by atoms with E-state index in [0.29, 0.717) is 17.7 Å². The topological polar surface area (TPSA) is 87.7 Å².